The normalized spacial score (nSPS) is 19.2. The van der Waals surface area contributed by atoms with Crippen LogP contribution in [0.5, 0.6) is 0 Å². The van der Waals surface area contributed by atoms with Gasteiger partial charge in [-0.05, 0) is 42.7 Å². The SMILES string of the molecule is COC1(C(NN)c2cccc(CC(C)C)c2)CCC1. The van der Waals surface area contributed by atoms with Crippen LogP contribution in [0.1, 0.15) is 50.3 Å². The average Bonchev–Trinajstić information content (AvgIpc) is 2.33. The molecule has 1 aromatic rings. The summed E-state index contributed by atoms with van der Waals surface area (Å²) in [6.07, 6.45) is 4.47. The van der Waals surface area contributed by atoms with E-state index in [1.54, 1.807) is 7.11 Å². The van der Waals surface area contributed by atoms with Gasteiger partial charge in [-0.1, -0.05) is 38.1 Å². The Balaban J connectivity index is 2.23. The highest BCUT2D eigenvalue weighted by Crippen LogP contribution is 2.44. The largest absolute Gasteiger partial charge is 0.376 e. The van der Waals surface area contributed by atoms with Gasteiger partial charge < -0.3 is 4.74 Å². The number of hydrogen-bond acceptors (Lipinski definition) is 3. The summed E-state index contributed by atoms with van der Waals surface area (Å²) in [6.45, 7) is 4.49. The van der Waals surface area contributed by atoms with Crippen LogP contribution in [0.3, 0.4) is 0 Å². The Morgan fingerprint density at radius 3 is 2.58 bits per heavy atom. The lowest BCUT2D eigenvalue weighted by Crippen LogP contribution is -2.52. The maximum Gasteiger partial charge on any atom is 0.0885 e. The minimum atomic E-state index is -0.120. The van der Waals surface area contributed by atoms with Gasteiger partial charge in [-0.2, -0.15) is 0 Å². The van der Waals surface area contributed by atoms with Crippen LogP contribution in [-0.2, 0) is 11.2 Å². The summed E-state index contributed by atoms with van der Waals surface area (Å²) in [4.78, 5) is 0. The standard InChI is InChI=1S/C16H26N2O/c1-12(2)10-13-6-4-7-14(11-13)15(18-17)16(19-3)8-5-9-16/h4,6-7,11-12,15,18H,5,8-10,17H2,1-3H3. The zero-order valence-electron chi connectivity index (χ0n) is 12.3. The first-order valence-electron chi connectivity index (χ1n) is 7.21. The first-order valence-corrected chi connectivity index (χ1v) is 7.21. The summed E-state index contributed by atoms with van der Waals surface area (Å²) in [7, 11) is 1.79. The van der Waals surface area contributed by atoms with Gasteiger partial charge in [0.15, 0.2) is 0 Å². The molecule has 1 unspecified atom stereocenters. The maximum absolute atomic E-state index is 5.80. The van der Waals surface area contributed by atoms with Crippen LogP contribution in [-0.4, -0.2) is 12.7 Å². The van der Waals surface area contributed by atoms with Crippen LogP contribution in [0.25, 0.3) is 0 Å². The number of hydrogen-bond donors (Lipinski definition) is 2. The number of ether oxygens (including phenoxy) is 1. The molecular formula is C16H26N2O. The van der Waals surface area contributed by atoms with Crippen molar-refractivity contribution in [1.29, 1.82) is 0 Å². The van der Waals surface area contributed by atoms with E-state index >= 15 is 0 Å². The predicted octanol–water partition coefficient (Wildman–Crippen LogP) is 2.96. The van der Waals surface area contributed by atoms with Crippen molar-refractivity contribution < 1.29 is 4.74 Å². The Labute approximate surface area is 116 Å². The van der Waals surface area contributed by atoms with Crippen molar-refractivity contribution in [2.45, 2.75) is 51.2 Å². The summed E-state index contributed by atoms with van der Waals surface area (Å²) < 4.78 is 5.76. The lowest BCUT2D eigenvalue weighted by atomic mass is 9.72. The van der Waals surface area contributed by atoms with Gasteiger partial charge in [0.2, 0.25) is 0 Å². The number of rotatable bonds is 6. The van der Waals surface area contributed by atoms with E-state index < -0.39 is 0 Å². The lowest BCUT2D eigenvalue weighted by molar-refractivity contribution is -0.0999. The van der Waals surface area contributed by atoms with Crippen molar-refractivity contribution in [2.75, 3.05) is 7.11 Å². The molecule has 0 saturated heterocycles. The van der Waals surface area contributed by atoms with Gasteiger partial charge >= 0.3 is 0 Å². The van der Waals surface area contributed by atoms with Crippen LogP contribution in [0, 0.1) is 5.92 Å². The van der Waals surface area contributed by atoms with Crippen LogP contribution in [0.4, 0.5) is 0 Å². The van der Waals surface area contributed by atoms with Gasteiger partial charge in [-0.15, -0.1) is 0 Å². The summed E-state index contributed by atoms with van der Waals surface area (Å²) in [5.41, 5.74) is 5.46. The molecular weight excluding hydrogens is 236 g/mol. The number of benzene rings is 1. The molecule has 1 saturated carbocycles. The van der Waals surface area contributed by atoms with Crippen molar-refractivity contribution in [2.24, 2.45) is 11.8 Å². The van der Waals surface area contributed by atoms with Gasteiger partial charge in [0.25, 0.3) is 0 Å². The van der Waals surface area contributed by atoms with E-state index in [0.29, 0.717) is 5.92 Å². The molecule has 1 atom stereocenters. The molecule has 19 heavy (non-hydrogen) atoms. The fourth-order valence-corrected chi connectivity index (χ4v) is 3.06. The molecule has 0 bridgehead atoms. The molecule has 1 fully saturated rings. The molecule has 0 aromatic heterocycles. The minimum absolute atomic E-state index is 0.0818. The van der Waals surface area contributed by atoms with E-state index in [0.717, 1.165) is 19.3 Å². The van der Waals surface area contributed by atoms with Gasteiger partial charge in [0.1, 0.15) is 0 Å². The zero-order chi connectivity index (χ0) is 13.9. The second-order valence-corrected chi connectivity index (χ2v) is 6.07. The molecule has 3 heteroatoms. The van der Waals surface area contributed by atoms with E-state index in [1.807, 2.05) is 0 Å². The topological polar surface area (TPSA) is 47.3 Å². The molecule has 1 aliphatic rings. The highest BCUT2D eigenvalue weighted by Gasteiger charge is 2.44. The Morgan fingerprint density at radius 2 is 2.11 bits per heavy atom. The smallest absolute Gasteiger partial charge is 0.0885 e. The summed E-state index contributed by atoms with van der Waals surface area (Å²) in [6, 6.07) is 8.81. The predicted molar refractivity (Wildman–Crippen MR) is 78.6 cm³/mol. The van der Waals surface area contributed by atoms with Crippen molar-refractivity contribution in [3.05, 3.63) is 35.4 Å². The van der Waals surface area contributed by atoms with Crippen LogP contribution in [0.2, 0.25) is 0 Å². The molecule has 3 N–H and O–H groups in total. The average molecular weight is 262 g/mol. The third kappa shape index (κ3) is 2.99. The molecule has 0 spiro atoms. The fourth-order valence-electron chi connectivity index (χ4n) is 3.06. The highest BCUT2D eigenvalue weighted by atomic mass is 16.5. The summed E-state index contributed by atoms with van der Waals surface area (Å²) in [5.74, 6) is 6.46. The lowest BCUT2D eigenvalue weighted by Gasteiger charge is -2.46. The van der Waals surface area contributed by atoms with Gasteiger partial charge in [0.05, 0.1) is 11.6 Å². The molecule has 0 amide bonds. The van der Waals surface area contributed by atoms with Gasteiger partial charge in [-0.3, -0.25) is 11.3 Å². The van der Waals surface area contributed by atoms with E-state index in [9.17, 15) is 0 Å². The van der Waals surface area contributed by atoms with Crippen LogP contribution in [0.15, 0.2) is 24.3 Å². The molecule has 1 aromatic carbocycles. The first kappa shape index (κ1) is 14.5. The second kappa shape index (κ2) is 6.04. The summed E-state index contributed by atoms with van der Waals surface area (Å²) in [5, 5.41) is 0. The van der Waals surface area contributed by atoms with Gasteiger partial charge in [-0.25, -0.2) is 0 Å². The molecule has 106 valence electrons. The fraction of sp³-hybridized carbons (Fsp3) is 0.625. The maximum atomic E-state index is 5.80. The quantitative estimate of drug-likeness (QED) is 0.612. The van der Waals surface area contributed by atoms with Crippen LogP contribution < -0.4 is 11.3 Å². The number of nitrogens with two attached hydrogens (primary N) is 1. The van der Waals surface area contributed by atoms with E-state index in [1.165, 1.54) is 17.5 Å². The van der Waals surface area contributed by atoms with E-state index in [-0.39, 0.29) is 11.6 Å². The first-order chi connectivity index (χ1) is 9.11. The summed E-state index contributed by atoms with van der Waals surface area (Å²) >= 11 is 0. The molecule has 0 heterocycles. The Hall–Kier alpha value is -0.900. The molecule has 1 aliphatic carbocycles. The second-order valence-electron chi connectivity index (χ2n) is 6.07. The monoisotopic (exact) mass is 262 g/mol. The van der Waals surface area contributed by atoms with Crippen LogP contribution >= 0.6 is 0 Å². The zero-order valence-corrected chi connectivity index (χ0v) is 12.3. The van der Waals surface area contributed by atoms with Crippen molar-refractivity contribution >= 4 is 0 Å². The highest BCUT2D eigenvalue weighted by molar-refractivity contribution is 5.29. The van der Waals surface area contributed by atoms with Crippen molar-refractivity contribution in [3.8, 4) is 0 Å². The molecule has 3 nitrogen and oxygen atoms in total. The third-order valence-electron chi connectivity index (χ3n) is 4.23. The van der Waals surface area contributed by atoms with Gasteiger partial charge in [0, 0.05) is 7.11 Å². The Morgan fingerprint density at radius 1 is 1.37 bits per heavy atom. The van der Waals surface area contributed by atoms with E-state index in [2.05, 4.69) is 43.5 Å². The number of methoxy groups -OCH3 is 1. The molecule has 0 radical (unpaired) electrons. The third-order valence-corrected chi connectivity index (χ3v) is 4.23. The Bertz CT molecular complexity index is 407. The van der Waals surface area contributed by atoms with Crippen molar-refractivity contribution in [3.63, 3.8) is 0 Å². The minimum Gasteiger partial charge on any atom is -0.376 e. The number of hydrazine groups is 1. The Kier molecular flexibility index (Phi) is 4.61. The molecule has 2 rings (SSSR count). The van der Waals surface area contributed by atoms with E-state index in [4.69, 9.17) is 10.6 Å². The van der Waals surface area contributed by atoms with Crippen molar-refractivity contribution in [1.82, 2.24) is 5.43 Å². The molecule has 0 aliphatic heterocycles. The number of nitrogens with one attached hydrogen (secondary N) is 1.